The first-order valence-corrected chi connectivity index (χ1v) is 6.90. The number of aryl methyl sites for hydroxylation is 1. The van der Waals surface area contributed by atoms with Crippen LogP contribution in [-0.2, 0) is 10.2 Å². The lowest BCUT2D eigenvalue weighted by Gasteiger charge is -2.39. The van der Waals surface area contributed by atoms with Crippen molar-refractivity contribution in [2.24, 2.45) is 0 Å². The molecule has 1 heterocycles. The number of nitrogens with zero attached hydrogens (tertiary/aromatic N) is 1. The highest BCUT2D eigenvalue weighted by atomic mass is 16.5. The maximum absolute atomic E-state index is 12.6. The molecule has 0 atom stereocenters. The molecule has 1 fully saturated rings. The van der Waals surface area contributed by atoms with E-state index in [9.17, 15) is 4.79 Å². The molecule has 1 aliphatic rings. The Morgan fingerprint density at radius 2 is 2.10 bits per heavy atom. The molecule has 0 aliphatic heterocycles. The molecule has 0 saturated heterocycles. The number of carbonyl (C=O) groups excluding carboxylic acids is 1. The summed E-state index contributed by atoms with van der Waals surface area (Å²) in [5, 5.41) is 0. The van der Waals surface area contributed by atoms with Gasteiger partial charge in [0.15, 0.2) is 0 Å². The molecule has 0 N–H and O–H groups in total. The first kappa shape index (κ1) is 12.9. The second kappa shape index (κ2) is 5.08. The van der Waals surface area contributed by atoms with Crippen molar-refractivity contribution in [3.05, 3.63) is 59.9 Å². The lowest BCUT2D eigenvalue weighted by molar-refractivity contribution is -0.144. The summed E-state index contributed by atoms with van der Waals surface area (Å²) in [6.45, 7) is 1.98. The van der Waals surface area contributed by atoms with Gasteiger partial charge >= 0.3 is 5.97 Å². The fourth-order valence-corrected chi connectivity index (χ4v) is 2.67. The van der Waals surface area contributed by atoms with Crippen LogP contribution in [0.3, 0.4) is 0 Å². The molecular formula is C17H17NO2. The number of carbonyl (C=O) groups is 1. The van der Waals surface area contributed by atoms with Crippen molar-refractivity contribution in [1.82, 2.24) is 4.98 Å². The van der Waals surface area contributed by atoms with E-state index in [1.165, 1.54) is 0 Å². The summed E-state index contributed by atoms with van der Waals surface area (Å²) >= 11 is 0. The van der Waals surface area contributed by atoms with Crippen LogP contribution in [-0.4, -0.2) is 11.0 Å². The van der Waals surface area contributed by atoms with Crippen LogP contribution in [0.5, 0.6) is 5.75 Å². The Balaban J connectivity index is 1.85. The Morgan fingerprint density at radius 1 is 1.25 bits per heavy atom. The van der Waals surface area contributed by atoms with E-state index in [0.717, 1.165) is 30.4 Å². The quantitative estimate of drug-likeness (QED) is 0.632. The summed E-state index contributed by atoms with van der Waals surface area (Å²) in [5.74, 6) is 0.451. The molecular weight excluding hydrogens is 250 g/mol. The minimum Gasteiger partial charge on any atom is -0.426 e. The Hall–Kier alpha value is -2.16. The van der Waals surface area contributed by atoms with Gasteiger partial charge in [-0.25, -0.2) is 0 Å². The molecule has 1 aromatic carbocycles. The summed E-state index contributed by atoms with van der Waals surface area (Å²) in [7, 11) is 0. The predicted octanol–water partition coefficient (Wildman–Crippen LogP) is 3.42. The van der Waals surface area contributed by atoms with E-state index in [4.69, 9.17) is 4.74 Å². The average molecular weight is 267 g/mol. The maximum Gasteiger partial charge on any atom is 0.322 e. The molecule has 3 nitrogen and oxygen atoms in total. The number of hydrogen-bond donors (Lipinski definition) is 0. The number of esters is 1. The van der Waals surface area contributed by atoms with Crippen LogP contribution in [0.1, 0.15) is 30.4 Å². The monoisotopic (exact) mass is 267 g/mol. The largest absolute Gasteiger partial charge is 0.426 e. The van der Waals surface area contributed by atoms with E-state index in [2.05, 4.69) is 4.98 Å². The molecule has 3 rings (SSSR count). The number of hydrogen-bond acceptors (Lipinski definition) is 3. The topological polar surface area (TPSA) is 39.2 Å². The fraction of sp³-hybridized carbons (Fsp3) is 0.294. The van der Waals surface area contributed by atoms with Crippen LogP contribution in [0.25, 0.3) is 0 Å². The molecule has 20 heavy (non-hydrogen) atoms. The lowest BCUT2D eigenvalue weighted by Crippen LogP contribution is -2.45. The molecule has 0 amide bonds. The zero-order valence-electron chi connectivity index (χ0n) is 11.5. The normalized spacial score (nSPS) is 16.2. The highest BCUT2D eigenvalue weighted by Gasteiger charge is 2.47. The van der Waals surface area contributed by atoms with Gasteiger partial charge in [0.25, 0.3) is 0 Å². The van der Waals surface area contributed by atoms with Crippen molar-refractivity contribution in [2.75, 3.05) is 0 Å². The van der Waals surface area contributed by atoms with E-state index in [-0.39, 0.29) is 5.97 Å². The van der Waals surface area contributed by atoms with E-state index in [1.807, 2.05) is 43.3 Å². The Labute approximate surface area is 118 Å². The molecule has 102 valence electrons. The van der Waals surface area contributed by atoms with Gasteiger partial charge in [0.1, 0.15) is 5.75 Å². The maximum atomic E-state index is 12.6. The zero-order chi connectivity index (χ0) is 14.0. The summed E-state index contributed by atoms with van der Waals surface area (Å²) in [6.07, 6.45) is 6.23. The number of pyridine rings is 1. The van der Waals surface area contributed by atoms with Crippen LogP contribution in [0.15, 0.2) is 48.8 Å². The molecule has 0 unspecified atom stereocenters. The molecule has 2 aromatic rings. The van der Waals surface area contributed by atoms with Gasteiger partial charge in [-0.05, 0) is 49.1 Å². The van der Waals surface area contributed by atoms with Crippen molar-refractivity contribution in [3.63, 3.8) is 0 Å². The molecule has 3 heteroatoms. The minimum absolute atomic E-state index is 0.164. The van der Waals surface area contributed by atoms with E-state index in [0.29, 0.717) is 5.75 Å². The van der Waals surface area contributed by atoms with Crippen molar-refractivity contribution in [1.29, 1.82) is 0 Å². The molecule has 1 aromatic heterocycles. The fourth-order valence-electron chi connectivity index (χ4n) is 2.67. The number of aromatic nitrogens is 1. The van der Waals surface area contributed by atoms with Gasteiger partial charge < -0.3 is 4.74 Å². The van der Waals surface area contributed by atoms with E-state index < -0.39 is 5.41 Å². The third-order valence-corrected chi connectivity index (χ3v) is 4.01. The first-order chi connectivity index (χ1) is 9.71. The van der Waals surface area contributed by atoms with Crippen molar-refractivity contribution in [3.8, 4) is 5.75 Å². The van der Waals surface area contributed by atoms with Gasteiger partial charge in [-0.15, -0.1) is 0 Å². The highest BCUT2D eigenvalue weighted by molar-refractivity contribution is 5.86. The summed E-state index contributed by atoms with van der Waals surface area (Å²) < 4.78 is 5.59. The predicted molar refractivity (Wildman–Crippen MR) is 76.6 cm³/mol. The van der Waals surface area contributed by atoms with E-state index in [1.54, 1.807) is 12.4 Å². The Bertz CT molecular complexity index is 618. The van der Waals surface area contributed by atoms with Crippen molar-refractivity contribution in [2.45, 2.75) is 31.6 Å². The number of ether oxygens (including phenoxy) is 1. The number of benzene rings is 1. The average Bonchev–Trinajstić information content (AvgIpc) is 2.38. The van der Waals surface area contributed by atoms with Gasteiger partial charge in [0.2, 0.25) is 0 Å². The second-order valence-corrected chi connectivity index (χ2v) is 5.38. The Kier molecular flexibility index (Phi) is 3.26. The molecule has 0 bridgehead atoms. The van der Waals surface area contributed by atoms with E-state index >= 15 is 0 Å². The molecule has 1 saturated carbocycles. The van der Waals surface area contributed by atoms with Crippen LogP contribution in [0.4, 0.5) is 0 Å². The zero-order valence-corrected chi connectivity index (χ0v) is 11.5. The van der Waals surface area contributed by atoms with Crippen LogP contribution in [0.2, 0.25) is 0 Å². The van der Waals surface area contributed by atoms with Crippen molar-refractivity contribution >= 4 is 5.97 Å². The standard InChI is InChI=1S/C17H17NO2/c1-13-5-2-7-15(11-13)20-16(19)17(8-4-9-17)14-6-3-10-18-12-14/h2-3,5-7,10-12H,4,8-9H2,1H3. The van der Waals surface area contributed by atoms with Crippen LogP contribution in [0, 0.1) is 6.92 Å². The third kappa shape index (κ3) is 2.20. The van der Waals surface area contributed by atoms with Crippen LogP contribution < -0.4 is 4.74 Å². The van der Waals surface area contributed by atoms with Gasteiger partial charge in [-0.3, -0.25) is 9.78 Å². The van der Waals surface area contributed by atoms with Gasteiger partial charge in [0, 0.05) is 12.4 Å². The molecule has 1 aliphatic carbocycles. The smallest absolute Gasteiger partial charge is 0.322 e. The van der Waals surface area contributed by atoms with Gasteiger partial charge in [0.05, 0.1) is 5.41 Å². The summed E-state index contributed by atoms with van der Waals surface area (Å²) in [4.78, 5) is 16.7. The van der Waals surface area contributed by atoms with Gasteiger partial charge in [-0.2, -0.15) is 0 Å². The summed E-state index contributed by atoms with van der Waals surface area (Å²) in [5.41, 5.74) is 1.54. The van der Waals surface area contributed by atoms with Crippen molar-refractivity contribution < 1.29 is 9.53 Å². The third-order valence-electron chi connectivity index (χ3n) is 4.01. The minimum atomic E-state index is -0.502. The SMILES string of the molecule is Cc1cccc(OC(=O)C2(c3cccnc3)CCC2)c1. The molecule has 0 radical (unpaired) electrons. The first-order valence-electron chi connectivity index (χ1n) is 6.90. The lowest BCUT2D eigenvalue weighted by atomic mass is 9.65. The van der Waals surface area contributed by atoms with Gasteiger partial charge in [-0.1, -0.05) is 24.6 Å². The highest BCUT2D eigenvalue weighted by Crippen LogP contribution is 2.44. The number of rotatable bonds is 3. The second-order valence-electron chi connectivity index (χ2n) is 5.38. The van der Waals surface area contributed by atoms with Crippen LogP contribution >= 0.6 is 0 Å². The summed E-state index contributed by atoms with van der Waals surface area (Å²) in [6, 6.07) is 11.4. The molecule has 0 spiro atoms. The Morgan fingerprint density at radius 3 is 2.70 bits per heavy atom.